The molecule has 1 heterocycles. The number of nitrogens with one attached hydrogen (secondary N) is 2. The molecule has 158 valence electrons. The Morgan fingerprint density at radius 2 is 1.61 bits per heavy atom. The van der Waals surface area contributed by atoms with Gasteiger partial charge in [-0.15, -0.1) is 11.8 Å². The number of benzene rings is 3. The largest absolute Gasteiger partial charge is 0.454 e. The molecule has 2 amide bonds. The first-order chi connectivity index (χ1) is 15.0. The third-order valence-electron chi connectivity index (χ3n) is 4.42. The van der Waals surface area contributed by atoms with E-state index in [9.17, 15) is 9.59 Å². The molecule has 3 aromatic carbocycles. The SMILES string of the molecule is O=C(CSc1cccc(NC(=O)Cc2ccc(Cl)cc2)c1)Nc1ccc2c(c1)OCO2. The summed E-state index contributed by atoms with van der Waals surface area (Å²) in [6, 6.07) is 19.8. The average molecular weight is 455 g/mol. The number of rotatable bonds is 7. The number of halogens is 1. The van der Waals surface area contributed by atoms with Crippen molar-refractivity contribution in [2.45, 2.75) is 11.3 Å². The molecule has 1 aliphatic heterocycles. The van der Waals surface area contributed by atoms with Gasteiger partial charge in [0.1, 0.15) is 0 Å². The zero-order chi connectivity index (χ0) is 21.6. The molecule has 6 nitrogen and oxygen atoms in total. The maximum absolute atomic E-state index is 12.3. The molecule has 0 unspecified atom stereocenters. The van der Waals surface area contributed by atoms with Gasteiger partial charge in [0, 0.05) is 27.4 Å². The summed E-state index contributed by atoms with van der Waals surface area (Å²) in [6.07, 6.45) is 0.256. The molecule has 4 rings (SSSR count). The summed E-state index contributed by atoms with van der Waals surface area (Å²) in [5.41, 5.74) is 2.21. The summed E-state index contributed by atoms with van der Waals surface area (Å²) in [5.74, 6) is 1.26. The van der Waals surface area contributed by atoms with Crippen LogP contribution in [0.2, 0.25) is 5.02 Å². The normalized spacial score (nSPS) is 11.8. The minimum absolute atomic E-state index is 0.120. The van der Waals surface area contributed by atoms with E-state index in [1.54, 1.807) is 30.3 Å². The number of hydrogen-bond acceptors (Lipinski definition) is 5. The maximum atomic E-state index is 12.3. The fourth-order valence-corrected chi connectivity index (χ4v) is 3.86. The number of hydrogen-bond donors (Lipinski definition) is 2. The van der Waals surface area contributed by atoms with Crippen LogP contribution in [0.5, 0.6) is 11.5 Å². The van der Waals surface area contributed by atoms with E-state index in [4.69, 9.17) is 21.1 Å². The van der Waals surface area contributed by atoms with E-state index < -0.39 is 0 Å². The summed E-state index contributed by atoms with van der Waals surface area (Å²) in [4.78, 5) is 25.5. The van der Waals surface area contributed by atoms with Gasteiger partial charge in [0.15, 0.2) is 11.5 Å². The first-order valence-electron chi connectivity index (χ1n) is 9.52. The van der Waals surface area contributed by atoms with E-state index in [1.165, 1.54) is 11.8 Å². The Morgan fingerprint density at radius 1 is 0.871 bits per heavy atom. The van der Waals surface area contributed by atoms with E-state index in [-0.39, 0.29) is 30.8 Å². The fraction of sp³-hybridized carbons (Fsp3) is 0.130. The Bertz CT molecular complexity index is 1100. The van der Waals surface area contributed by atoms with Crippen LogP contribution in [0.15, 0.2) is 71.6 Å². The molecule has 2 N–H and O–H groups in total. The Morgan fingerprint density at radius 3 is 2.45 bits per heavy atom. The molecule has 8 heteroatoms. The van der Waals surface area contributed by atoms with Crippen LogP contribution >= 0.6 is 23.4 Å². The summed E-state index contributed by atoms with van der Waals surface area (Å²) >= 11 is 7.26. The number of fused-ring (bicyclic) bond motifs is 1. The molecular weight excluding hydrogens is 436 g/mol. The Labute approximate surface area is 188 Å². The van der Waals surface area contributed by atoms with Gasteiger partial charge in [0.05, 0.1) is 12.2 Å². The van der Waals surface area contributed by atoms with Crippen molar-refractivity contribution in [1.82, 2.24) is 0 Å². The van der Waals surface area contributed by atoms with Crippen molar-refractivity contribution in [2.75, 3.05) is 23.2 Å². The fourth-order valence-electron chi connectivity index (χ4n) is 2.98. The number of anilines is 2. The van der Waals surface area contributed by atoms with Crippen LogP contribution < -0.4 is 20.1 Å². The van der Waals surface area contributed by atoms with Crippen molar-refractivity contribution >= 4 is 46.6 Å². The van der Waals surface area contributed by atoms with Crippen molar-refractivity contribution in [1.29, 1.82) is 0 Å². The van der Waals surface area contributed by atoms with Crippen LogP contribution in [0.3, 0.4) is 0 Å². The van der Waals surface area contributed by atoms with Crippen LogP contribution in [0.1, 0.15) is 5.56 Å². The molecule has 31 heavy (non-hydrogen) atoms. The van der Waals surface area contributed by atoms with E-state index >= 15 is 0 Å². The molecule has 0 fully saturated rings. The second-order valence-corrected chi connectivity index (χ2v) is 8.27. The van der Waals surface area contributed by atoms with Crippen molar-refractivity contribution in [3.05, 3.63) is 77.3 Å². The van der Waals surface area contributed by atoms with Crippen molar-refractivity contribution in [3.8, 4) is 11.5 Å². The van der Waals surface area contributed by atoms with Crippen molar-refractivity contribution in [3.63, 3.8) is 0 Å². The number of carbonyl (C=O) groups is 2. The molecule has 1 aliphatic rings. The van der Waals surface area contributed by atoms with Gasteiger partial charge in [-0.25, -0.2) is 0 Å². The quantitative estimate of drug-likeness (QED) is 0.492. The Kier molecular flexibility index (Phi) is 6.64. The summed E-state index contributed by atoms with van der Waals surface area (Å²) < 4.78 is 10.6. The third-order valence-corrected chi connectivity index (χ3v) is 5.67. The molecular formula is C23H19ClN2O4S. The molecule has 0 spiro atoms. The van der Waals surface area contributed by atoms with E-state index in [2.05, 4.69) is 10.6 Å². The van der Waals surface area contributed by atoms with Crippen LogP contribution in [0.4, 0.5) is 11.4 Å². The number of ether oxygens (including phenoxy) is 2. The predicted molar refractivity (Wildman–Crippen MR) is 122 cm³/mol. The highest BCUT2D eigenvalue weighted by atomic mass is 35.5. The smallest absolute Gasteiger partial charge is 0.234 e. The van der Waals surface area contributed by atoms with Gasteiger partial charge in [-0.2, -0.15) is 0 Å². The zero-order valence-electron chi connectivity index (χ0n) is 16.4. The van der Waals surface area contributed by atoms with Crippen LogP contribution in [-0.2, 0) is 16.0 Å². The van der Waals surface area contributed by atoms with Gasteiger partial charge >= 0.3 is 0 Å². The molecule has 3 aromatic rings. The Balaban J connectivity index is 1.28. The van der Waals surface area contributed by atoms with Crippen molar-refractivity contribution in [2.24, 2.45) is 0 Å². The second-order valence-electron chi connectivity index (χ2n) is 6.78. The lowest BCUT2D eigenvalue weighted by Gasteiger charge is -2.09. The topological polar surface area (TPSA) is 76.7 Å². The lowest BCUT2D eigenvalue weighted by Crippen LogP contribution is -2.15. The van der Waals surface area contributed by atoms with Crippen LogP contribution in [0, 0.1) is 0 Å². The molecule has 0 aromatic heterocycles. The molecule has 0 radical (unpaired) electrons. The average Bonchev–Trinajstić information content (AvgIpc) is 3.22. The first-order valence-corrected chi connectivity index (χ1v) is 10.9. The van der Waals surface area contributed by atoms with E-state index in [0.29, 0.717) is 27.9 Å². The van der Waals surface area contributed by atoms with Gasteiger partial charge in [0.2, 0.25) is 18.6 Å². The van der Waals surface area contributed by atoms with Crippen LogP contribution in [0.25, 0.3) is 0 Å². The highest BCUT2D eigenvalue weighted by Gasteiger charge is 2.14. The highest BCUT2D eigenvalue weighted by Crippen LogP contribution is 2.34. The standard InChI is InChI=1S/C23H19ClN2O4S/c24-16-6-4-15(5-7-16)10-22(27)25-17-2-1-3-19(11-17)31-13-23(28)26-18-8-9-20-21(12-18)30-14-29-20/h1-9,11-12H,10,13-14H2,(H,25,27)(H,26,28). The Hall–Kier alpha value is -3.16. The predicted octanol–water partition coefficient (Wildman–Crippen LogP) is 4.98. The maximum Gasteiger partial charge on any atom is 0.234 e. The molecule has 0 saturated heterocycles. The minimum Gasteiger partial charge on any atom is -0.454 e. The third kappa shape index (κ3) is 5.93. The lowest BCUT2D eigenvalue weighted by atomic mass is 10.1. The zero-order valence-corrected chi connectivity index (χ0v) is 18.0. The lowest BCUT2D eigenvalue weighted by molar-refractivity contribution is -0.115. The highest BCUT2D eigenvalue weighted by molar-refractivity contribution is 8.00. The monoisotopic (exact) mass is 454 g/mol. The minimum atomic E-state index is -0.138. The van der Waals surface area contributed by atoms with Crippen LogP contribution in [-0.4, -0.2) is 24.4 Å². The number of thioether (sulfide) groups is 1. The first kappa shape index (κ1) is 21.1. The second kappa shape index (κ2) is 9.76. The van der Waals surface area contributed by atoms with Crippen molar-refractivity contribution < 1.29 is 19.1 Å². The molecule has 0 bridgehead atoms. The number of amides is 2. The van der Waals surface area contributed by atoms with E-state index in [1.807, 2.05) is 36.4 Å². The molecule has 0 saturated carbocycles. The molecule has 0 aliphatic carbocycles. The molecule has 0 atom stereocenters. The van der Waals surface area contributed by atoms with Gasteiger partial charge in [-0.05, 0) is 48.0 Å². The van der Waals surface area contributed by atoms with Gasteiger partial charge < -0.3 is 20.1 Å². The van der Waals surface area contributed by atoms with Gasteiger partial charge in [-0.1, -0.05) is 29.8 Å². The van der Waals surface area contributed by atoms with Gasteiger partial charge in [0.25, 0.3) is 0 Å². The summed E-state index contributed by atoms with van der Waals surface area (Å²) in [7, 11) is 0. The van der Waals surface area contributed by atoms with E-state index in [0.717, 1.165) is 10.5 Å². The van der Waals surface area contributed by atoms with Gasteiger partial charge in [-0.3, -0.25) is 9.59 Å². The summed E-state index contributed by atoms with van der Waals surface area (Å²) in [6.45, 7) is 0.190. The summed E-state index contributed by atoms with van der Waals surface area (Å²) in [5, 5.41) is 6.37. The number of carbonyl (C=O) groups excluding carboxylic acids is 2.